The Bertz CT molecular complexity index is 970. The van der Waals surface area contributed by atoms with E-state index >= 15 is 0 Å². The molecule has 0 saturated carbocycles. The van der Waals surface area contributed by atoms with E-state index in [1.807, 2.05) is 54.6 Å². The number of carbonyl (C=O) groups is 1. The molecule has 0 aliphatic carbocycles. The van der Waals surface area contributed by atoms with Gasteiger partial charge in [0.05, 0.1) is 5.25 Å². The maximum absolute atomic E-state index is 12.4. The van der Waals surface area contributed by atoms with Crippen LogP contribution in [0.4, 0.5) is 0 Å². The minimum absolute atomic E-state index is 0.0816. The van der Waals surface area contributed by atoms with Gasteiger partial charge in [0.25, 0.3) is 10.1 Å². The monoisotopic (exact) mass is 420 g/mol. The Hall–Kier alpha value is -1.54. The van der Waals surface area contributed by atoms with Crippen LogP contribution in [-0.2, 0) is 19.0 Å². The first-order chi connectivity index (χ1) is 12.7. The first-order valence-corrected chi connectivity index (χ1v) is 11.8. The number of hydrogen-bond acceptors (Lipinski definition) is 5. The van der Waals surface area contributed by atoms with Gasteiger partial charge in [0.2, 0.25) is 0 Å². The zero-order valence-corrected chi connectivity index (χ0v) is 17.2. The third-order valence-corrected chi connectivity index (χ3v) is 9.07. The fraction of sp³-hybridized carbons (Fsp3) is 0.250. The highest BCUT2D eigenvalue weighted by Crippen LogP contribution is 2.58. The summed E-state index contributed by atoms with van der Waals surface area (Å²) < 4.78 is 32.4. The smallest absolute Gasteiger partial charge is 0.267 e. The fourth-order valence-electron chi connectivity index (χ4n) is 3.13. The van der Waals surface area contributed by atoms with Crippen molar-refractivity contribution in [3.63, 3.8) is 0 Å². The first kappa shape index (κ1) is 20.2. The second-order valence-electron chi connectivity index (χ2n) is 6.45. The first-order valence-electron chi connectivity index (χ1n) is 8.33. The molecule has 2 aromatic carbocycles. The predicted octanol–water partition coefficient (Wildman–Crippen LogP) is 4.39. The molecule has 1 heterocycles. The van der Waals surface area contributed by atoms with E-state index in [9.17, 15) is 17.8 Å². The lowest BCUT2D eigenvalue weighted by molar-refractivity contribution is -0.114. The zero-order chi connectivity index (χ0) is 19.7. The maximum atomic E-state index is 12.4. The number of Topliss-reactive ketones (excluding diaryl/α,β-unsaturated/α-hetero) is 1. The molecule has 0 radical (unpaired) electrons. The van der Waals surface area contributed by atoms with Crippen molar-refractivity contribution >= 4 is 39.4 Å². The van der Waals surface area contributed by atoms with E-state index in [1.165, 1.54) is 23.5 Å². The average molecular weight is 421 g/mol. The van der Waals surface area contributed by atoms with Gasteiger partial charge in [-0.1, -0.05) is 61.2 Å². The number of ketones is 1. The van der Waals surface area contributed by atoms with Crippen LogP contribution < -0.4 is 0 Å². The zero-order valence-electron chi connectivity index (χ0n) is 14.8. The molecule has 3 rings (SSSR count). The molecule has 0 bridgehead atoms. The van der Waals surface area contributed by atoms with E-state index < -0.39 is 25.2 Å². The molecular formula is C20H20O4S3. The van der Waals surface area contributed by atoms with E-state index in [4.69, 9.17) is 0 Å². The molecular weight excluding hydrogens is 400 g/mol. The Labute approximate surface area is 168 Å². The maximum Gasteiger partial charge on any atom is 0.267 e. The summed E-state index contributed by atoms with van der Waals surface area (Å²) in [4.78, 5) is 12.4. The quantitative estimate of drug-likeness (QED) is 0.552. The van der Waals surface area contributed by atoms with Crippen LogP contribution in [0.25, 0.3) is 11.1 Å². The van der Waals surface area contributed by atoms with Crippen molar-refractivity contribution < 1.29 is 17.8 Å². The van der Waals surface area contributed by atoms with Crippen molar-refractivity contribution in [2.45, 2.75) is 16.3 Å². The topological polar surface area (TPSA) is 71.4 Å². The van der Waals surface area contributed by atoms with Crippen LogP contribution in [0.1, 0.15) is 12.5 Å². The third kappa shape index (κ3) is 4.48. The van der Waals surface area contributed by atoms with E-state index in [0.29, 0.717) is 11.3 Å². The van der Waals surface area contributed by atoms with Crippen LogP contribution in [0.3, 0.4) is 0 Å². The molecule has 1 N–H and O–H groups in total. The van der Waals surface area contributed by atoms with Crippen molar-refractivity contribution in [1.82, 2.24) is 0 Å². The highest BCUT2D eigenvalue weighted by molar-refractivity contribution is 8.22. The molecule has 4 nitrogen and oxygen atoms in total. The summed E-state index contributed by atoms with van der Waals surface area (Å²) in [7, 11) is -4.26. The molecule has 142 valence electrons. The molecule has 2 unspecified atom stereocenters. The van der Waals surface area contributed by atoms with Gasteiger partial charge in [-0.3, -0.25) is 9.35 Å². The molecule has 1 aliphatic heterocycles. The minimum atomic E-state index is -4.26. The summed E-state index contributed by atoms with van der Waals surface area (Å²) in [5, 5.41) is -0.391. The Balaban J connectivity index is 2.12. The van der Waals surface area contributed by atoms with E-state index in [1.54, 1.807) is 6.92 Å². The summed E-state index contributed by atoms with van der Waals surface area (Å²) in [5.74, 6) is -0.0735. The molecule has 1 aliphatic rings. The average Bonchev–Trinajstić information content (AvgIpc) is 3.05. The van der Waals surface area contributed by atoms with Crippen LogP contribution in [-0.4, -0.2) is 35.5 Å². The Kier molecular flexibility index (Phi) is 5.86. The Morgan fingerprint density at radius 3 is 2.44 bits per heavy atom. The van der Waals surface area contributed by atoms with Gasteiger partial charge in [0.15, 0.2) is 5.78 Å². The van der Waals surface area contributed by atoms with Crippen LogP contribution in [0.15, 0.2) is 66.7 Å². The number of thioether (sulfide) groups is 2. The van der Waals surface area contributed by atoms with Crippen molar-refractivity contribution in [2.75, 3.05) is 11.5 Å². The number of allylic oxidation sites excluding steroid dienone is 1. The van der Waals surface area contributed by atoms with Crippen molar-refractivity contribution in [1.29, 1.82) is 0 Å². The van der Waals surface area contributed by atoms with E-state index in [0.717, 1.165) is 16.7 Å². The van der Waals surface area contributed by atoms with Crippen molar-refractivity contribution in [3.8, 4) is 11.1 Å². The summed E-state index contributed by atoms with van der Waals surface area (Å²) >= 11 is 2.69. The summed E-state index contributed by atoms with van der Waals surface area (Å²) in [6, 6.07) is 17.2. The van der Waals surface area contributed by atoms with Gasteiger partial charge in [-0.2, -0.15) is 8.42 Å². The van der Waals surface area contributed by atoms with Crippen LogP contribution >= 0.6 is 23.5 Å². The fourth-order valence-corrected chi connectivity index (χ4v) is 8.55. The largest absolute Gasteiger partial charge is 0.293 e. The van der Waals surface area contributed by atoms with Gasteiger partial charge in [-0.05, 0) is 29.2 Å². The highest BCUT2D eigenvalue weighted by Gasteiger charge is 2.48. The lowest BCUT2D eigenvalue weighted by Crippen LogP contribution is -2.28. The van der Waals surface area contributed by atoms with Gasteiger partial charge >= 0.3 is 0 Å². The predicted molar refractivity (Wildman–Crippen MR) is 114 cm³/mol. The summed E-state index contributed by atoms with van der Waals surface area (Å²) in [6.07, 6.45) is 0. The van der Waals surface area contributed by atoms with Gasteiger partial charge in [-0.25, -0.2) is 0 Å². The van der Waals surface area contributed by atoms with Crippen molar-refractivity contribution in [2.24, 2.45) is 0 Å². The standard InChI is InChI=1S/C20H20O4S3/c1-14(2)19(21)18-12-25-20(26-18,13-27(22,23)24)17-11-7-6-10-16(17)15-8-4-3-5-9-15/h3-11,18H,1,12-13H2,2H3,(H,22,23,24). The molecule has 0 spiro atoms. The summed E-state index contributed by atoms with van der Waals surface area (Å²) in [5.41, 5.74) is 3.09. The molecule has 0 aromatic heterocycles. The molecule has 7 heteroatoms. The minimum Gasteiger partial charge on any atom is -0.293 e. The van der Waals surface area contributed by atoms with Crippen molar-refractivity contribution in [3.05, 3.63) is 72.3 Å². The number of benzene rings is 2. The normalized spacial score (nSPS) is 22.5. The lowest BCUT2D eigenvalue weighted by Gasteiger charge is -2.29. The molecule has 27 heavy (non-hydrogen) atoms. The molecule has 1 fully saturated rings. The lowest BCUT2D eigenvalue weighted by atomic mass is 9.98. The number of rotatable bonds is 6. The Morgan fingerprint density at radius 1 is 1.19 bits per heavy atom. The van der Waals surface area contributed by atoms with Crippen LogP contribution in [0.5, 0.6) is 0 Å². The molecule has 2 atom stereocenters. The molecule has 2 aromatic rings. The van der Waals surface area contributed by atoms with Gasteiger partial charge in [0, 0.05) is 5.75 Å². The third-order valence-electron chi connectivity index (χ3n) is 4.31. The van der Waals surface area contributed by atoms with E-state index in [-0.39, 0.29) is 5.78 Å². The van der Waals surface area contributed by atoms with E-state index in [2.05, 4.69) is 6.58 Å². The SMILES string of the molecule is C=C(C)C(=O)C1CSC(CS(=O)(=O)O)(c2ccccc2-c2ccccc2)S1. The van der Waals surface area contributed by atoms with Gasteiger partial charge in [0.1, 0.15) is 9.83 Å². The molecule has 0 amide bonds. The number of carbonyl (C=O) groups excluding carboxylic acids is 1. The van der Waals surface area contributed by atoms with Crippen LogP contribution in [0, 0.1) is 0 Å². The van der Waals surface area contributed by atoms with Gasteiger partial charge < -0.3 is 0 Å². The highest BCUT2D eigenvalue weighted by atomic mass is 32.2. The molecule has 1 saturated heterocycles. The summed E-state index contributed by atoms with van der Waals surface area (Å²) in [6.45, 7) is 5.38. The Morgan fingerprint density at radius 2 is 1.81 bits per heavy atom. The number of hydrogen-bond donors (Lipinski definition) is 1. The second kappa shape index (κ2) is 7.83. The van der Waals surface area contributed by atoms with Crippen LogP contribution in [0.2, 0.25) is 0 Å². The second-order valence-corrected chi connectivity index (χ2v) is 11.0. The van der Waals surface area contributed by atoms with Gasteiger partial charge in [-0.15, -0.1) is 23.5 Å².